The third kappa shape index (κ3) is 6.81. The molecule has 2 amide bonds. The standard InChI is InChI=1S/C18H26N2O4/c1-13(18(23)24)19-17(22)15-10-7-9-14(12-15)8-5-4-6-11-16(21)20(2)3/h7,9-10,12-13H,4-6,8,11H2,1-3H3,(H,19,22)(H,23,24)/t13-/m1/s1. The monoisotopic (exact) mass is 334 g/mol. The molecule has 0 aromatic heterocycles. The smallest absolute Gasteiger partial charge is 0.325 e. The molecule has 0 aliphatic heterocycles. The highest BCUT2D eigenvalue weighted by Crippen LogP contribution is 2.11. The summed E-state index contributed by atoms with van der Waals surface area (Å²) in [6.07, 6.45) is 4.13. The van der Waals surface area contributed by atoms with Crippen molar-refractivity contribution in [1.82, 2.24) is 10.2 Å². The van der Waals surface area contributed by atoms with Crippen LogP contribution in [0.3, 0.4) is 0 Å². The maximum atomic E-state index is 12.0. The van der Waals surface area contributed by atoms with Crippen LogP contribution < -0.4 is 5.32 Å². The normalized spacial score (nSPS) is 11.6. The maximum Gasteiger partial charge on any atom is 0.325 e. The number of rotatable bonds is 9. The number of carbonyl (C=O) groups is 3. The van der Waals surface area contributed by atoms with E-state index in [4.69, 9.17) is 5.11 Å². The molecule has 0 unspecified atom stereocenters. The molecule has 0 radical (unpaired) electrons. The zero-order valence-electron chi connectivity index (χ0n) is 14.5. The van der Waals surface area contributed by atoms with E-state index in [0.717, 1.165) is 31.2 Å². The van der Waals surface area contributed by atoms with Crippen molar-refractivity contribution in [2.75, 3.05) is 14.1 Å². The van der Waals surface area contributed by atoms with Crippen LogP contribution in [0.5, 0.6) is 0 Å². The molecule has 6 heteroatoms. The van der Waals surface area contributed by atoms with E-state index in [9.17, 15) is 14.4 Å². The van der Waals surface area contributed by atoms with Crippen molar-refractivity contribution in [2.45, 2.75) is 45.1 Å². The number of carbonyl (C=O) groups excluding carboxylic acids is 2. The highest BCUT2D eigenvalue weighted by molar-refractivity contribution is 5.96. The molecule has 0 spiro atoms. The SMILES string of the molecule is C[C@@H](NC(=O)c1cccc(CCCCCC(=O)N(C)C)c1)C(=O)O. The molecule has 0 aliphatic carbocycles. The summed E-state index contributed by atoms with van der Waals surface area (Å²) in [7, 11) is 3.51. The zero-order chi connectivity index (χ0) is 18.1. The van der Waals surface area contributed by atoms with E-state index in [1.54, 1.807) is 37.2 Å². The summed E-state index contributed by atoms with van der Waals surface area (Å²) in [6, 6.07) is 6.28. The molecule has 0 saturated carbocycles. The Labute approximate surface area is 142 Å². The van der Waals surface area contributed by atoms with E-state index < -0.39 is 12.0 Å². The van der Waals surface area contributed by atoms with Gasteiger partial charge < -0.3 is 15.3 Å². The number of aliphatic carboxylic acids is 1. The molecule has 1 rings (SSSR count). The predicted octanol–water partition coefficient (Wildman–Crippen LogP) is 2.08. The first-order chi connectivity index (χ1) is 11.3. The average Bonchev–Trinajstić information content (AvgIpc) is 2.54. The average molecular weight is 334 g/mol. The summed E-state index contributed by atoms with van der Waals surface area (Å²) >= 11 is 0. The van der Waals surface area contributed by atoms with Gasteiger partial charge in [-0.2, -0.15) is 0 Å². The van der Waals surface area contributed by atoms with Gasteiger partial charge in [-0.1, -0.05) is 18.6 Å². The van der Waals surface area contributed by atoms with Crippen LogP contribution in [0.25, 0.3) is 0 Å². The lowest BCUT2D eigenvalue weighted by atomic mass is 10.0. The lowest BCUT2D eigenvalue weighted by molar-refractivity contribution is -0.138. The second kappa shape index (κ2) is 9.70. The Morgan fingerprint density at radius 1 is 1.17 bits per heavy atom. The number of hydrogen-bond acceptors (Lipinski definition) is 3. The zero-order valence-corrected chi connectivity index (χ0v) is 14.5. The van der Waals surface area contributed by atoms with Gasteiger partial charge in [0.15, 0.2) is 0 Å². The fraction of sp³-hybridized carbons (Fsp3) is 0.500. The summed E-state index contributed by atoms with van der Waals surface area (Å²) < 4.78 is 0. The van der Waals surface area contributed by atoms with Crippen molar-refractivity contribution in [3.05, 3.63) is 35.4 Å². The van der Waals surface area contributed by atoms with Crippen molar-refractivity contribution in [3.8, 4) is 0 Å². The van der Waals surface area contributed by atoms with Gasteiger partial charge in [-0.05, 0) is 43.9 Å². The van der Waals surface area contributed by atoms with Gasteiger partial charge in [0.1, 0.15) is 6.04 Å². The largest absolute Gasteiger partial charge is 0.480 e. The first kappa shape index (κ1) is 19.7. The van der Waals surface area contributed by atoms with Crippen LogP contribution in [0.1, 0.15) is 48.5 Å². The first-order valence-electron chi connectivity index (χ1n) is 8.14. The van der Waals surface area contributed by atoms with Gasteiger partial charge in [0, 0.05) is 26.1 Å². The van der Waals surface area contributed by atoms with Gasteiger partial charge >= 0.3 is 5.97 Å². The summed E-state index contributed by atoms with van der Waals surface area (Å²) in [6.45, 7) is 1.43. The number of carboxylic acid groups (broad SMARTS) is 1. The van der Waals surface area contributed by atoms with Crippen LogP contribution in [0, 0.1) is 0 Å². The third-order valence-electron chi connectivity index (χ3n) is 3.76. The Kier molecular flexibility index (Phi) is 7.95. The van der Waals surface area contributed by atoms with Crippen LogP contribution in [0.4, 0.5) is 0 Å². The Balaban J connectivity index is 2.44. The van der Waals surface area contributed by atoms with E-state index >= 15 is 0 Å². The second-order valence-corrected chi connectivity index (χ2v) is 6.08. The topological polar surface area (TPSA) is 86.7 Å². The number of unbranched alkanes of at least 4 members (excludes halogenated alkanes) is 2. The molecule has 24 heavy (non-hydrogen) atoms. The van der Waals surface area contributed by atoms with Crippen molar-refractivity contribution in [3.63, 3.8) is 0 Å². The molecule has 2 N–H and O–H groups in total. The summed E-state index contributed by atoms with van der Waals surface area (Å²) in [5.74, 6) is -1.31. The molecule has 1 aromatic carbocycles. The lowest BCUT2D eigenvalue weighted by Gasteiger charge is -2.11. The van der Waals surface area contributed by atoms with Gasteiger partial charge in [-0.25, -0.2) is 0 Å². The molecule has 0 fully saturated rings. The van der Waals surface area contributed by atoms with Crippen LogP contribution in [-0.2, 0) is 16.0 Å². The number of benzene rings is 1. The van der Waals surface area contributed by atoms with E-state index in [1.807, 2.05) is 6.07 Å². The quantitative estimate of drug-likeness (QED) is 0.677. The number of carboxylic acids is 1. The number of amides is 2. The Morgan fingerprint density at radius 2 is 1.88 bits per heavy atom. The fourth-order valence-electron chi connectivity index (χ4n) is 2.22. The second-order valence-electron chi connectivity index (χ2n) is 6.08. The minimum absolute atomic E-state index is 0.140. The van der Waals surface area contributed by atoms with E-state index in [2.05, 4.69) is 5.32 Å². The Bertz CT molecular complexity index is 584. The lowest BCUT2D eigenvalue weighted by Crippen LogP contribution is -2.38. The summed E-state index contributed by atoms with van der Waals surface area (Å²) in [5, 5.41) is 11.3. The number of aryl methyl sites for hydroxylation is 1. The summed E-state index contributed by atoms with van der Waals surface area (Å²) in [5.41, 5.74) is 1.49. The minimum atomic E-state index is -1.06. The van der Waals surface area contributed by atoms with Gasteiger partial charge in [-0.3, -0.25) is 14.4 Å². The highest BCUT2D eigenvalue weighted by Gasteiger charge is 2.15. The predicted molar refractivity (Wildman–Crippen MR) is 91.9 cm³/mol. The van der Waals surface area contributed by atoms with Crippen molar-refractivity contribution in [1.29, 1.82) is 0 Å². The third-order valence-corrected chi connectivity index (χ3v) is 3.76. The fourth-order valence-corrected chi connectivity index (χ4v) is 2.22. The molecule has 0 aliphatic rings. The van der Waals surface area contributed by atoms with Crippen molar-refractivity contribution in [2.24, 2.45) is 0 Å². The van der Waals surface area contributed by atoms with Crippen molar-refractivity contribution >= 4 is 17.8 Å². The van der Waals surface area contributed by atoms with E-state index in [1.165, 1.54) is 6.92 Å². The molecule has 6 nitrogen and oxygen atoms in total. The van der Waals surface area contributed by atoms with Gasteiger partial charge in [0.05, 0.1) is 0 Å². The van der Waals surface area contributed by atoms with Crippen molar-refractivity contribution < 1.29 is 19.5 Å². The maximum absolute atomic E-state index is 12.0. The first-order valence-corrected chi connectivity index (χ1v) is 8.14. The van der Waals surface area contributed by atoms with Gasteiger partial charge in [-0.15, -0.1) is 0 Å². The molecular weight excluding hydrogens is 308 g/mol. The number of nitrogens with zero attached hydrogens (tertiary/aromatic N) is 1. The van der Waals surface area contributed by atoms with Crippen LogP contribution >= 0.6 is 0 Å². The Hall–Kier alpha value is -2.37. The van der Waals surface area contributed by atoms with Crippen LogP contribution in [0.2, 0.25) is 0 Å². The molecule has 132 valence electrons. The number of nitrogens with one attached hydrogen (secondary N) is 1. The van der Waals surface area contributed by atoms with Crippen LogP contribution in [-0.4, -0.2) is 47.9 Å². The number of hydrogen-bond donors (Lipinski definition) is 2. The molecule has 1 atom stereocenters. The molecule has 0 saturated heterocycles. The highest BCUT2D eigenvalue weighted by atomic mass is 16.4. The van der Waals surface area contributed by atoms with Gasteiger partial charge in [0.2, 0.25) is 5.91 Å². The summed E-state index contributed by atoms with van der Waals surface area (Å²) in [4.78, 5) is 35.9. The molecule has 0 bridgehead atoms. The molecule has 0 heterocycles. The van der Waals surface area contributed by atoms with Crippen LogP contribution in [0.15, 0.2) is 24.3 Å². The molecular formula is C18H26N2O4. The Morgan fingerprint density at radius 3 is 2.50 bits per heavy atom. The van der Waals surface area contributed by atoms with Gasteiger partial charge in [0.25, 0.3) is 5.91 Å². The molecule has 1 aromatic rings. The van der Waals surface area contributed by atoms with E-state index in [-0.39, 0.29) is 11.8 Å². The minimum Gasteiger partial charge on any atom is -0.480 e. The van der Waals surface area contributed by atoms with E-state index in [0.29, 0.717) is 12.0 Å².